The van der Waals surface area contributed by atoms with Gasteiger partial charge in [-0.25, -0.2) is 0 Å². The second kappa shape index (κ2) is 4.84. The fourth-order valence-corrected chi connectivity index (χ4v) is 2.05. The van der Waals surface area contributed by atoms with Gasteiger partial charge in [0, 0.05) is 27.2 Å². The fraction of sp³-hybridized carbons (Fsp3) is 0.833. The lowest BCUT2D eigenvalue weighted by molar-refractivity contribution is -0.134. The molecule has 1 aliphatic heterocycles. The average molecular weight is 223 g/mol. The number of carbonyl (C=O) groups is 1. The normalized spacial score (nSPS) is 22.2. The number of rotatable bonds is 2. The van der Waals surface area contributed by atoms with Crippen LogP contribution >= 0.6 is 0 Å². The van der Waals surface area contributed by atoms with Crippen LogP contribution in [0.2, 0.25) is 0 Å². The standard InChI is InChI=1S/C12H21N3O/c1-10(11(16)14(3)4)15-7-5-12(2,9-13)6-8-15/h10H,5-8H2,1-4H3. The largest absolute Gasteiger partial charge is 0.347 e. The van der Waals surface area contributed by atoms with Crippen molar-refractivity contribution in [3.05, 3.63) is 0 Å². The molecule has 1 fully saturated rings. The summed E-state index contributed by atoms with van der Waals surface area (Å²) in [6, 6.07) is 2.30. The number of nitriles is 1. The lowest BCUT2D eigenvalue weighted by Crippen LogP contribution is -2.49. The number of likely N-dealkylation sites (N-methyl/N-ethyl adjacent to an activating group) is 1. The van der Waals surface area contributed by atoms with Gasteiger partial charge >= 0.3 is 0 Å². The van der Waals surface area contributed by atoms with Gasteiger partial charge in [-0.05, 0) is 26.7 Å². The lowest BCUT2D eigenvalue weighted by atomic mass is 9.81. The lowest BCUT2D eigenvalue weighted by Gasteiger charge is -2.38. The number of hydrogen-bond donors (Lipinski definition) is 0. The van der Waals surface area contributed by atoms with Crippen molar-refractivity contribution in [2.75, 3.05) is 27.2 Å². The molecule has 1 atom stereocenters. The van der Waals surface area contributed by atoms with Gasteiger partial charge in [-0.1, -0.05) is 0 Å². The van der Waals surface area contributed by atoms with Crippen LogP contribution < -0.4 is 0 Å². The zero-order valence-electron chi connectivity index (χ0n) is 10.7. The van der Waals surface area contributed by atoms with Gasteiger partial charge in [0.25, 0.3) is 0 Å². The molecule has 1 heterocycles. The Morgan fingerprint density at radius 3 is 2.31 bits per heavy atom. The Hall–Kier alpha value is -1.08. The molecule has 1 rings (SSSR count). The molecule has 0 spiro atoms. The first-order chi connectivity index (χ1) is 7.39. The number of amides is 1. The Bertz CT molecular complexity index is 298. The first-order valence-electron chi connectivity index (χ1n) is 5.76. The highest BCUT2D eigenvalue weighted by Gasteiger charge is 2.33. The molecule has 0 aromatic rings. The van der Waals surface area contributed by atoms with Crippen LogP contribution in [0.15, 0.2) is 0 Å². The van der Waals surface area contributed by atoms with Crippen LogP contribution in [0.25, 0.3) is 0 Å². The second-order valence-corrected chi connectivity index (χ2v) is 5.12. The fourth-order valence-electron chi connectivity index (χ4n) is 2.05. The molecule has 0 saturated carbocycles. The highest BCUT2D eigenvalue weighted by Crippen LogP contribution is 2.30. The van der Waals surface area contributed by atoms with Crippen molar-refractivity contribution in [3.8, 4) is 6.07 Å². The summed E-state index contributed by atoms with van der Waals surface area (Å²) in [6.07, 6.45) is 1.71. The van der Waals surface area contributed by atoms with E-state index in [1.807, 2.05) is 13.8 Å². The van der Waals surface area contributed by atoms with Crippen molar-refractivity contribution in [2.24, 2.45) is 5.41 Å². The molecule has 0 aromatic heterocycles. The van der Waals surface area contributed by atoms with E-state index in [2.05, 4.69) is 11.0 Å². The maximum absolute atomic E-state index is 11.8. The van der Waals surface area contributed by atoms with Gasteiger partial charge in [-0.2, -0.15) is 5.26 Å². The Kier molecular flexibility index (Phi) is 3.93. The molecule has 4 heteroatoms. The van der Waals surface area contributed by atoms with E-state index in [1.54, 1.807) is 19.0 Å². The smallest absolute Gasteiger partial charge is 0.239 e. The number of likely N-dealkylation sites (tertiary alicyclic amines) is 1. The molecule has 4 nitrogen and oxygen atoms in total. The Morgan fingerprint density at radius 1 is 1.44 bits per heavy atom. The van der Waals surface area contributed by atoms with Gasteiger partial charge in [-0.15, -0.1) is 0 Å². The predicted octanol–water partition coefficient (Wildman–Crippen LogP) is 1.09. The summed E-state index contributed by atoms with van der Waals surface area (Å²) >= 11 is 0. The highest BCUT2D eigenvalue weighted by molar-refractivity contribution is 5.80. The van der Waals surface area contributed by atoms with Crippen LogP contribution in [0.4, 0.5) is 0 Å². The minimum atomic E-state index is -0.197. The molecule has 90 valence electrons. The van der Waals surface area contributed by atoms with E-state index in [4.69, 9.17) is 5.26 Å². The zero-order valence-corrected chi connectivity index (χ0v) is 10.7. The first kappa shape index (κ1) is 13.0. The van der Waals surface area contributed by atoms with E-state index in [9.17, 15) is 4.79 Å². The van der Waals surface area contributed by atoms with Gasteiger partial charge < -0.3 is 4.90 Å². The van der Waals surface area contributed by atoms with E-state index >= 15 is 0 Å². The summed E-state index contributed by atoms with van der Waals surface area (Å²) in [5.74, 6) is 0.139. The van der Waals surface area contributed by atoms with Crippen LogP contribution in [0.1, 0.15) is 26.7 Å². The van der Waals surface area contributed by atoms with E-state index in [0.717, 1.165) is 25.9 Å². The molecular formula is C12H21N3O. The summed E-state index contributed by atoms with van der Waals surface area (Å²) in [4.78, 5) is 15.6. The molecule has 1 unspecified atom stereocenters. The number of piperidine rings is 1. The number of carbonyl (C=O) groups excluding carboxylic acids is 1. The average Bonchev–Trinajstić information content (AvgIpc) is 2.28. The van der Waals surface area contributed by atoms with Crippen molar-refractivity contribution >= 4 is 5.91 Å². The molecule has 16 heavy (non-hydrogen) atoms. The van der Waals surface area contributed by atoms with Crippen molar-refractivity contribution < 1.29 is 4.79 Å². The zero-order chi connectivity index (χ0) is 12.3. The van der Waals surface area contributed by atoms with Crippen LogP contribution in [0.5, 0.6) is 0 Å². The summed E-state index contributed by atoms with van der Waals surface area (Å²) in [5.41, 5.74) is -0.197. The summed E-state index contributed by atoms with van der Waals surface area (Å²) in [6.45, 7) is 5.62. The third-order valence-corrected chi connectivity index (χ3v) is 3.52. The van der Waals surface area contributed by atoms with Gasteiger partial charge in [0.1, 0.15) is 0 Å². The Morgan fingerprint density at radius 2 is 1.94 bits per heavy atom. The van der Waals surface area contributed by atoms with Crippen LogP contribution in [-0.4, -0.2) is 48.9 Å². The summed E-state index contributed by atoms with van der Waals surface area (Å²) < 4.78 is 0. The molecule has 1 aliphatic rings. The first-order valence-corrected chi connectivity index (χ1v) is 5.76. The van der Waals surface area contributed by atoms with Gasteiger partial charge in [0.15, 0.2) is 0 Å². The minimum absolute atomic E-state index is 0.0711. The third kappa shape index (κ3) is 2.73. The van der Waals surface area contributed by atoms with Crippen molar-refractivity contribution in [1.29, 1.82) is 5.26 Å². The summed E-state index contributed by atoms with van der Waals surface area (Å²) in [5, 5.41) is 9.03. The minimum Gasteiger partial charge on any atom is -0.347 e. The molecule has 0 aromatic carbocycles. The van der Waals surface area contributed by atoms with Crippen molar-refractivity contribution in [3.63, 3.8) is 0 Å². The van der Waals surface area contributed by atoms with Crippen molar-refractivity contribution in [1.82, 2.24) is 9.80 Å². The van der Waals surface area contributed by atoms with Crippen LogP contribution in [-0.2, 0) is 4.79 Å². The number of nitrogens with zero attached hydrogens (tertiary/aromatic N) is 3. The molecular weight excluding hydrogens is 202 g/mol. The van der Waals surface area contributed by atoms with Crippen LogP contribution in [0.3, 0.4) is 0 Å². The quantitative estimate of drug-likeness (QED) is 0.704. The Balaban J connectivity index is 2.55. The highest BCUT2D eigenvalue weighted by atomic mass is 16.2. The molecule has 0 N–H and O–H groups in total. The van der Waals surface area contributed by atoms with E-state index in [0.29, 0.717) is 0 Å². The molecule has 1 saturated heterocycles. The van der Waals surface area contributed by atoms with Gasteiger partial charge in [-0.3, -0.25) is 9.69 Å². The SMILES string of the molecule is CC(C(=O)N(C)C)N1CCC(C)(C#N)CC1. The van der Waals surface area contributed by atoms with Gasteiger partial charge in [0.05, 0.1) is 17.5 Å². The van der Waals surface area contributed by atoms with E-state index in [-0.39, 0.29) is 17.4 Å². The molecule has 1 amide bonds. The maximum atomic E-state index is 11.8. The predicted molar refractivity (Wildman–Crippen MR) is 62.7 cm³/mol. The number of hydrogen-bond acceptors (Lipinski definition) is 3. The molecule has 0 aliphatic carbocycles. The Labute approximate surface area is 97.8 Å². The van der Waals surface area contributed by atoms with E-state index < -0.39 is 0 Å². The topological polar surface area (TPSA) is 47.3 Å². The maximum Gasteiger partial charge on any atom is 0.239 e. The van der Waals surface area contributed by atoms with Gasteiger partial charge in [0.2, 0.25) is 5.91 Å². The van der Waals surface area contributed by atoms with Crippen LogP contribution in [0, 0.1) is 16.7 Å². The second-order valence-electron chi connectivity index (χ2n) is 5.12. The van der Waals surface area contributed by atoms with E-state index in [1.165, 1.54) is 0 Å². The molecule has 0 radical (unpaired) electrons. The molecule has 0 bridgehead atoms. The van der Waals surface area contributed by atoms with Crippen molar-refractivity contribution in [2.45, 2.75) is 32.7 Å². The monoisotopic (exact) mass is 223 g/mol. The summed E-state index contributed by atoms with van der Waals surface area (Å²) in [7, 11) is 3.56. The third-order valence-electron chi connectivity index (χ3n) is 3.52.